The lowest BCUT2D eigenvalue weighted by Gasteiger charge is -2.32. The van der Waals surface area contributed by atoms with E-state index in [-0.39, 0.29) is 42.0 Å². The minimum Gasteiger partial charge on any atom is -0.373 e. The number of amides is 1. The largest absolute Gasteiger partial charge is 0.373 e. The molecule has 3 rings (SSSR count). The van der Waals surface area contributed by atoms with Crippen LogP contribution in [0.5, 0.6) is 0 Å². The van der Waals surface area contributed by atoms with E-state index in [0.29, 0.717) is 12.2 Å². The molecule has 0 radical (unpaired) electrons. The number of Topliss-reactive ketones (excluding diaryl/α,β-unsaturated/α-hetero) is 1. The van der Waals surface area contributed by atoms with E-state index in [1.54, 1.807) is 0 Å². The smallest absolute Gasteiger partial charge is 0.220 e. The van der Waals surface area contributed by atoms with Crippen LogP contribution < -0.4 is 10.6 Å². The molecule has 2 N–H and O–H groups in total. The van der Waals surface area contributed by atoms with Crippen LogP contribution >= 0.6 is 0 Å². The third kappa shape index (κ3) is 4.19. The molecule has 1 atom stereocenters. The Labute approximate surface area is 141 Å². The summed E-state index contributed by atoms with van der Waals surface area (Å²) in [5, 5.41) is 6.28. The van der Waals surface area contributed by atoms with Crippen LogP contribution in [0.25, 0.3) is 0 Å². The molecule has 5 nitrogen and oxygen atoms in total. The molecular weight excluding hydrogens is 311 g/mol. The van der Waals surface area contributed by atoms with Gasteiger partial charge in [0, 0.05) is 18.4 Å². The van der Waals surface area contributed by atoms with Gasteiger partial charge in [-0.3, -0.25) is 9.59 Å². The number of nitrogens with one attached hydrogen (secondary N) is 2. The molecule has 1 amide bonds. The second-order valence-corrected chi connectivity index (χ2v) is 6.64. The topological polar surface area (TPSA) is 67.4 Å². The van der Waals surface area contributed by atoms with E-state index in [1.165, 1.54) is 24.3 Å². The van der Waals surface area contributed by atoms with Gasteiger partial charge in [-0.2, -0.15) is 0 Å². The van der Waals surface area contributed by atoms with Crippen LogP contribution in [0.1, 0.15) is 42.5 Å². The van der Waals surface area contributed by atoms with Crippen LogP contribution in [-0.4, -0.2) is 43.0 Å². The molecule has 1 spiro atoms. The number of carbonyl (C=O) groups is 2. The first-order valence-corrected chi connectivity index (χ1v) is 8.49. The van der Waals surface area contributed by atoms with E-state index >= 15 is 0 Å². The van der Waals surface area contributed by atoms with Crippen LogP contribution in [0.3, 0.4) is 0 Å². The number of rotatable bonds is 5. The van der Waals surface area contributed by atoms with Crippen LogP contribution in [-0.2, 0) is 9.53 Å². The highest BCUT2D eigenvalue weighted by Gasteiger charge is 2.41. The number of hydrogen-bond acceptors (Lipinski definition) is 4. The molecule has 0 aliphatic carbocycles. The van der Waals surface area contributed by atoms with Gasteiger partial charge >= 0.3 is 0 Å². The summed E-state index contributed by atoms with van der Waals surface area (Å²) >= 11 is 0. The monoisotopic (exact) mass is 334 g/mol. The highest BCUT2D eigenvalue weighted by atomic mass is 19.1. The molecule has 2 aliphatic rings. The summed E-state index contributed by atoms with van der Waals surface area (Å²) in [6, 6.07) is 5.42. The first-order chi connectivity index (χ1) is 11.6. The van der Waals surface area contributed by atoms with Crippen molar-refractivity contribution in [3.05, 3.63) is 35.6 Å². The Bertz CT molecular complexity index is 597. The SMILES string of the molecule is O=C(CCC(=O)c1ccc(F)cc1)N[C@H]1COC2(CCNCC2)C1. The van der Waals surface area contributed by atoms with Gasteiger partial charge in [0.15, 0.2) is 5.78 Å². The molecule has 2 fully saturated rings. The third-order valence-electron chi connectivity index (χ3n) is 4.83. The van der Waals surface area contributed by atoms with Crippen molar-refractivity contribution in [2.24, 2.45) is 0 Å². The Morgan fingerprint density at radius 2 is 1.92 bits per heavy atom. The van der Waals surface area contributed by atoms with Gasteiger partial charge in [0.05, 0.1) is 18.2 Å². The van der Waals surface area contributed by atoms with Crippen LogP contribution in [0.4, 0.5) is 4.39 Å². The average Bonchev–Trinajstić information content (AvgIpc) is 2.96. The summed E-state index contributed by atoms with van der Waals surface area (Å²) < 4.78 is 18.8. The first kappa shape index (κ1) is 17.0. The van der Waals surface area contributed by atoms with Crippen molar-refractivity contribution in [3.8, 4) is 0 Å². The van der Waals surface area contributed by atoms with Crippen molar-refractivity contribution in [2.75, 3.05) is 19.7 Å². The summed E-state index contributed by atoms with van der Waals surface area (Å²) in [6.45, 7) is 2.44. The Morgan fingerprint density at radius 3 is 2.62 bits per heavy atom. The summed E-state index contributed by atoms with van der Waals surface area (Å²) in [4.78, 5) is 24.1. The fourth-order valence-corrected chi connectivity index (χ4v) is 3.47. The zero-order valence-corrected chi connectivity index (χ0v) is 13.6. The number of halogens is 1. The van der Waals surface area contributed by atoms with E-state index < -0.39 is 0 Å². The average molecular weight is 334 g/mol. The van der Waals surface area contributed by atoms with Crippen molar-refractivity contribution in [1.29, 1.82) is 0 Å². The fraction of sp³-hybridized carbons (Fsp3) is 0.556. The molecule has 2 saturated heterocycles. The van der Waals surface area contributed by atoms with E-state index in [4.69, 9.17) is 4.74 Å². The predicted molar refractivity (Wildman–Crippen MR) is 87.3 cm³/mol. The molecule has 0 unspecified atom stereocenters. The molecule has 24 heavy (non-hydrogen) atoms. The maximum Gasteiger partial charge on any atom is 0.220 e. The molecule has 2 aliphatic heterocycles. The van der Waals surface area contributed by atoms with Crippen molar-refractivity contribution in [1.82, 2.24) is 10.6 Å². The Hall–Kier alpha value is -1.79. The van der Waals surface area contributed by atoms with Gasteiger partial charge < -0.3 is 15.4 Å². The second kappa shape index (κ2) is 7.40. The molecular formula is C18H23FN2O3. The molecule has 130 valence electrons. The summed E-state index contributed by atoms with van der Waals surface area (Å²) in [5.74, 6) is -0.662. The number of ketones is 1. The lowest BCUT2D eigenvalue weighted by Crippen LogP contribution is -2.43. The second-order valence-electron chi connectivity index (χ2n) is 6.64. The number of piperidine rings is 1. The van der Waals surface area contributed by atoms with E-state index in [2.05, 4.69) is 10.6 Å². The summed E-state index contributed by atoms with van der Waals surface area (Å²) in [5.41, 5.74) is 0.342. The normalized spacial score (nSPS) is 22.5. The molecule has 6 heteroatoms. The van der Waals surface area contributed by atoms with Gasteiger partial charge in [-0.25, -0.2) is 4.39 Å². The van der Waals surface area contributed by atoms with E-state index in [1.807, 2.05) is 0 Å². The zero-order valence-electron chi connectivity index (χ0n) is 13.6. The highest BCUT2D eigenvalue weighted by molar-refractivity contribution is 5.97. The van der Waals surface area contributed by atoms with Gasteiger partial charge in [0.1, 0.15) is 5.82 Å². The molecule has 1 aromatic rings. The number of carbonyl (C=O) groups excluding carboxylic acids is 2. The number of hydrogen-bond donors (Lipinski definition) is 2. The quantitative estimate of drug-likeness (QED) is 0.806. The van der Waals surface area contributed by atoms with Gasteiger partial charge in [-0.15, -0.1) is 0 Å². The number of ether oxygens (including phenoxy) is 1. The van der Waals surface area contributed by atoms with Gasteiger partial charge in [-0.05, 0) is 56.6 Å². The van der Waals surface area contributed by atoms with Crippen LogP contribution in [0.2, 0.25) is 0 Å². The molecule has 2 heterocycles. The lowest BCUT2D eigenvalue weighted by molar-refractivity contribution is -0.121. The minimum absolute atomic E-state index is 0.0246. The van der Waals surface area contributed by atoms with E-state index in [0.717, 1.165) is 32.4 Å². The molecule has 1 aromatic carbocycles. The van der Waals surface area contributed by atoms with Gasteiger partial charge in [0.25, 0.3) is 0 Å². The van der Waals surface area contributed by atoms with Gasteiger partial charge in [0.2, 0.25) is 5.91 Å². The Morgan fingerprint density at radius 1 is 1.21 bits per heavy atom. The fourth-order valence-electron chi connectivity index (χ4n) is 3.47. The number of benzene rings is 1. The third-order valence-corrected chi connectivity index (χ3v) is 4.83. The predicted octanol–water partition coefficient (Wildman–Crippen LogP) is 1.82. The standard InChI is InChI=1S/C18H23FN2O3/c19-14-3-1-13(2-4-14)16(22)5-6-17(23)21-15-11-18(24-12-15)7-9-20-10-8-18/h1-4,15,20H,5-12H2,(H,21,23)/t15-/m1/s1. The zero-order chi connectivity index (χ0) is 17.0. The lowest BCUT2D eigenvalue weighted by atomic mass is 9.88. The Balaban J connectivity index is 1.43. The summed E-state index contributed by atoms with van der Waals surface area (Å²) in [6.07, 6.45) is 3.05. The first-order valence-electron chi connectivity index (χ1n) is 8.49. The van der Waals surface area contributed by atoms with Crippen molar-refractivity contribution < 1.29 is 18.7 Å². The van der Waals surface area contributed by atoms with E-state index in [9.17, 15) is 14.0 Å². The van der Waals surface area contributed by atoms with Crippen molar-refractivity contribution in [2.45, 2.75) is 43.7 Å². The maximum atomic E-state index is 12.9. The maximum absolute atomic E-state index is 12.9. The van der Waals surface area contributed by atoms with Crippen LogP contribution in [0, 0.1) is 5.82 Å². The highest BCUT2D eigenvalue weighted by Crippen LogP contribution is 2.33. The van der Waals surface area contributed by atoms with Crippen molar-refractivity contribution in [3.63, 3.8) is 0 Å². The van der Waals surface area contributed by atoms with Gasteiger partial charge in [-0.1, -0.05) is 0 Å². The molecule has 0 saturated carbocycles. The Kier molecular flexibility index (Phi) is 5.26. The molecule has 0 bridgehead atoms. The minimum atomic E-state index is -0.377. The van der Waals surface area contributed by atoms with Crippen molar-refractivity contribution >= 4 is 11.7 Å². The summed E-state index contributed by atoms with van der Waals surface area (Å²) in [7, 11) is 0. The molecule has 0 aromatic heterocycles. The van der Waals surface area contributed by atoms with Crippen LogP contribution in [0.15, 0.2) is 24.3 Å².